The number of nitrogens with zero attached hydrogens (tertiary/aromatic N) is 2. The topological polar surface area (TPSA) is 27.0 Å². The molecule has 1 aliphatic rings. The fourth-order valence-corrected chi connectivity index (χ4v) is 2.31. The lowest BCUT2D eigenvalue weighted by molar-refractivity contribution is 0.197. The summed E-state index contributed by atoms with van der Waals surface area (Å²) in [6.07, 6.45) is 5.70. The molecular weight excluding hydrogens is 160 g/mol. The number of unbranched alkanes of at least 4 members (excludes halogenated alkanes) is 1. The van der Waals surface area contributed by atoms with Crippen molar-refractivity contribution in [3.05, 3.63) is 0 Å². The summed E-state index contributed by atoms with van der Waals surface area (Å²) in [6.45, 7) is 5.69. The normalized spacial score (nSPS) is 29.0. The molecule has 0 bridgehead atoms. The number of nitriles is 1. The van der Waals surface area contributed by atoms with Crippen molar-refractivity contribution in [1.82, 2.24) is 4.90 Å². The minimum absolute atomic E-state index is 0.708. The van der Waals surface area contributed by atoms with Crippen LogP contribution in [-0.2, 0) is 0 Å². The highest BCUT2D eigenvalue weighted by Gasteiger charge is 2.28. The van der Waals surface area contributed by atoms with Gasteiger partial charge < -0.3 is 0 Å². The standard InChI is InChI=1S/C11H20N2/c1-3-11-7-6-10(2)13(11)9-5-4-8-12/h10-11H,3-7,9H2,1-2H3. The second-order valence-electron chi connectivity index (χ2n) is 3.99. The molecule has 0 amide bonds. The molecule has 2 unspecified atom stereocenters. The molecule has 74 valence electrons. The lowest BCUT2D eigenvalue weighted by Crippen LogP contribution is -2.34. The fraction of sp³-hybridized carbons (Fsp3) is 0.909. The van der Waals surface area contributed by atoms with Crippen LogP contribution in [0.1, 0.15) is 46.0 Å². The van der Waals surface area contributed by atoms with E-state index in [0.717, 1.165) is 25.0 Å². The zero-order valence-electron chi connectivity index (χ0n) is 8.79. The van der Waals surface area contributed by atoms with E-state index in [1.165, 1.54) is 19.3 Å². The zero-order chi connectivity index (χ0) is 9.68. The van der Waals surface area contributed by atoms with E-state index in [9.17, 15) is 0 Å². The maximum atomic E-state index is 8.46. The quantitative estimate of drug-likeness (QED) is 0.622. The third-order valence-corrected chi connectivity index (χ3v) is 3.13. The second kappa shape index (κ2) is 5.24. The van der Waals surface area contributed by atoms with Crippen LogP contribution >= 0.6 is 0 Å². The van der Waals surface area contributed by atoms with Crippen molar-refractivity contribution < 1.29 is 0 Å². The molecule has 0 aliphatic carbocycles. The number of likely N-dealkylation sites (tertiary alicyclic amines) is 1. The van der Waals surface area contributed by atoms with E-state index < -0.39 is 0 Å². The Morgan fingerprint density at radius 3 is 2.85 bits per heavy atom. The predicted octanol–water partition coefficient (Wildman–Crippen LogP) is 2.55. The molecule has 1 aliphatic heterocycles. The Balaban J connectivity index is 2.32. The van der Waals surface area contributed by atoms with Crippen LogP contribution < -0.4 is 0 Å². The van der Waals surface area contributed by atoms with Crippen molar-refractivity contribution in [3.63, 3.8) is 0 Å². The van der Waals surface area contributed by atoms with Crippen molar-refractivity contribution in [1.29, 1.82) is 5.26 Å². The second-order valence-corrected chi connectivity index (χ2v) is 3.99. The molecule has 1 rings (SSSR count). The Hall–Kier alpha value is -0.550. The van der Waals surface area contributed by atoms with Gasteiger partial charge >= 0.3 is 0 Å². The number of hydrogen-bond acceptors (Lipinski definition) is 2. The molecule has 2 heteroatoms. The van der Waals surface area contributed by atoms with E-state index >= 15 is 0 Å². The summed E-state index contributed by atoms with van der Waals surface area (Å²) in [5.41, 5.74) is 0. The molecule has 1 fully saturated rings. The first-order valence-electron chi connectivity index (χ1n) is 5.42. The van der Waals surface area contributed by atoms with Crippen molar-refractivity contribution >= 4 is 0 Å². The van der Waals surface area contributed by atoms with Crippen LogP contribution in [-0.4, -0.2) is 23.5 Å². The molecule has 1 saturated heterocycles. The lowest BCUT2D eigenvalue weighted by Gasteiger charge is -2.27. The molecule has 13 heavy (non-hydrogen) atoms. The first kappa shape index (κ1) is 10.5. The smallest absolute Gasteiger partial charge is 0.0622 e. The average Bonchev–Trinajstić information content (AvgIpc) is 2.48. The van der Waals surface area contributed by atoms with Crippen LogP contribution in [0, 0.1) is 11.3 Å². The maximum absolute atomic E-state index is 8.46. The molecular formula is C11H20N2. The summed E-state index contributed by atoms with van der Waals surface area (Å²) in [7, 11) is 0. The van der Waals surface area contributed by atoms with Gasteiger partial charge in [-0.15, -0.1) is 0 Å². The Morgan fingerprint density at radius 1 is 1.46 bits per heavy atom. The number of hydrogen-bond donors (Lipinski definition) is 0. The predicted molar refractivity (Wildman–Crippen MR) is 54.3 cm³/mol. The third-order valence-electron chi connectivity index (χ3n) is 3.13. The third kappa shape index (κ3) is 2.70. The van der Waals surface area contributed by atoms with E-state index in [-0.39, 0.29) is 0 Å². The van der Waals surface area contributed by atoms with Gasteiger partial charge in [0, 0.05) is 18.5 Å². The SMILES string of the molecule is CCC1CCC(C)N1CCCC#N. The summed E-state index contributed by atoms with van der Waals surface area (Å²) >= 11 is 0. The van der Waals surface area contributed by atoms with Crippen LogP contribution in [0.3, 0.4) is 0 Å². The molecule has 0 spiro atoms. The van der Waals surface area contributed by atoms with E-state index in [1.807, 2.05) is 0 Å². The van der Waals surface area contributed by atoms with Crippen molar-refractivity contribution in [3.8, 4) is 6.07 Å². The summed E-state index contributed by atoms with van der Waals surface area (Å²) in [6, 6.07) is 3.74. The summed E-state index contributed by atoms with van der Waals surface area (Å²) in [5.74, 6) is 0. The van der Waals surface area contributed by atoms with Gasteiger partial charge in [-0.2, -0.15) is 5.26 Å². The molecule has 0 aromatic heterocycles. The molecule has 2 atom stereocenters. The lowest BCUT2D eigenvalue weighted by atomic mass is 10.1. The molecule has 1 heterocycles. The Morgan fingerprint density at radius 2 is 2.23 bits per heavy atom. The van der Waals surface area contributed by atoms with Crippen LogP contribution in [0.25, 0.3) is 0 Å². The Labute approximate surface area is 81.5 Å². The van der Waals surface area contributed by atoms with E-state index in [0.29, 0.717) is 6.42 Å². The Kier molecular flexibility index (Phi) is 4.24. The summed E-state index contributed by atoms with van der Waals surface area (Å²) in [4.78, 5) is 2.58. The first-order chi connectivity index (χ1) is 6.29. The molecule has 0 radical (unpaired) electrons. The Bertz CT molecular complexity index is 183. The molecule has 0 aromatic rings. The van der Waals surface area contributed by atoms with Gasteiger partial charge in [0.2, 0.25) is 0 Å². The first-order valence-corrected chi connectivity index (χ1v) is 5.42. The van der Waals surface area contributed by atoms with Gasteiger partial charge in [-0.1, -0.05) is 6.92 Å². The van der Waals surface area contributed by atoms with Crippen LogP contribution in [0.2, 0.25) is 0 Å². The van der Waals surface area contributed by atoms with E-state index in [1.54, 1.807) is 0 Å². The highest BCUT2D eigenvalue weighted by atomic mass is 15.2. The van der Waals surface area contributed by atoms with Gasteiger partial charge in [0.1, 0.15) is 0 Å². The van der Waals surface area contributed by atoms with Crippen molar-refractivity contribution in [2.45, 2.75) is 58.0 Å². The minimum atomic E-state index is 0.708. The van der Waals surface area contributed by atoms with Gasteiger partial charge in [-0.25, -0.2) is 0 Å². The van der Waals surface area contributed by atoms with E-state index in [2.05, 4.69) is 24.8 Å². The summed E-state index contributed by atoms with van der Waals surface area (Å²) in [5, 5.41) is 8.46. The highest BCUT2D eigenvalue weighted by Crippen LogP contribution is 2.25. The molecule has 0 aromatic carbocycles. The number of rotatable bonds is 4. The maximum Gasteiger partial charge on any atom is 0.0622 e. The van der Waals surface area contributed by atoms with Gasteiger partial charge in [0.25, 0.3) is 0 Å². The summed E-state index contributed by atoms with van der Waals surface area (Å²) < 4.78 is 0. The largest absolute Gasteiger partial charge is 0.298 e. The van der Waals surface area contributed by atoms with Crippen LogP contribution in [0.15, 0.2) is 0 Å². The highest BCUT2D eigenvalue weighted by molar-refractivity contribution is 4.84. The van der Waals surface area contributed by atoms with Gasteiger partial charge in [0.05, 0.1) is 6.07 Å². The van der Waals surface area contributed by atoms with Crippen molar-refractivity contribution in [2.75, 3.05) is 6.54 Å². The van der Waals surface area contributed by atoms with Crippen LogP contribution in [0.4, 0.5) is 0 Å². The fourth-order valence-electron chi connectivity index (χ4n) is 2.31. The van der Waals surface area contributed by atoms with Crippen LogP contribution in [0.5, 0.6) is 0 Å². The van der Waals surface area contributed by atoms with Gasteiger partial charge in [0.15, 0.2) is 0 Å². The van der Waals surface area contributed by atoms with Gasteiger partial charge in [-0.05, 0) is 39.2 Å². The molecule has 0 saturated carbocycles. The van der Waals surface area contributed by atoms with Crippen molar-refractivity contribution in [2.24, 2.45) is 0 Å². The average molecular weight is 180 g/mol. The van der Waals surface area contributed by atoms with E-state index in [4.69, 9.17) is 5.26 Å². The minimum Gasteiger partial charge on any atom is -0.298 e. The monoisotopic (exact) mass is 180 g/mol. The zero-order valence-corrected chi connectivity index (χ0v) is 8.79. The van der Waals surface area contributed by atoms with Gasteiger partial charge in [-0.3, -0.25) is 4.90 Å². The molecule has 0 N–H and O–H groups in total. The molecule has 2 nitrogen and oxygen atoms in total.